The van der Waals surface area contributed by atoms with Crippen LogP contribution in [0.5, 0.6) is 0 Å². The molecule has 0 radical (unpaired) electrons. The summed E-state index contributed by atoms with van der Waals surface area (Å²) in [7, 11) is 1.23. The molecule has 3 N–H and O–H groups in total. The van der Waals surface area contributed by atoms with Crippen LogP contribution in [-0.4, -0.2) is 54.3 Å². The largest absolute Gasteiger partial charge is 0.480 e. The molecule has 0 aromatic heterocycles. The number of carbonyl (C=O) groups excluding carboxylic acids is 2. The van der Waals surface area contributed by atoms with Crippen molar-refractivity contribution in [1.82, 2.24) is 10.6 Å². The van der Waals surface area contributed by atoms with Crippen molar-refractivity contribution in [2.75, 3.05) is 19.1 Å². The number of esters is 1. The van der Waals surface area contributed by atoms with Crippen LogP contribution in [-0.2, 0) is 14.3 Å². The monoisotopic (exact) mass is 306 g/mol. The average molecular weight is 306 g/mol. The van der Waals surface area contributed by atoms with E-state index in [0.717, 1.165) is 12.2 Å². The van der Waals surface area contributed by atoms with Crippen LogP contribution in [0.15, 0.2) is 0 Å². The van der Waals surface area contributed by atoms with E-state index in [1.165, 1.54) is 7.11 Å². The molecular weight excluding hydrogens is 284 g/mol. The molecule has 0 aromatic rings. The first-order valence-electron chi connectivity index (χ1n) is 6.30. The number of hydrogen-bond acceptors (Lipinski definition) is 5. The molecule has 0 fully saturated rings. The minimum absolute atomic E-state index is 0.00521. The highest BCUT2D eigenvalue weighted by Crippen LogP contribution is 2.02. The Balaban J connectivity index is 4.33. The predicted octanol–water partition coefficient (Wildman–Crippen LogP) is 0.834. The van der Waals surface area contributed by atoms with Gasteiger partial charge >= 0.3 is 18.0 Å². The number of aliphatic carboxylic acids is 1. The van der Waals surface area contributed by atoms with E-state index in [9.17, 15) is 14.4 Å². The summed E-state index contributed by atoms with van der Waals surface area (Å²) >= 11 is 1.60. The topological polar surface area (TPSA) is 105 Å². The molecule has 1 unspecified atom stereocenters. The minimum Gasteiger partial charge on any atom is -0.480 e. The Labute approximate surface area is 122 Å². The number of thioether (sulfide) groups is 1. The van der Waals surface area contributed by atoms with Crippen molar-refractivity contribution < 1.29 is 24.2 Å². The van der Waals surface area contributed by atoms with Gasteiger partial charge in [0.05, 0.1) is 7.11 Å². The summed E-state index contributed by atoms with van der Waals surface area (Å²) in [5.74, 6) is -0.932. The Kier molecular flexibility index (Phi) is 9.61. The number of nitrogens with one attached hydrogen (secondary N) is 2. The van der Waals surface area contributed by atoms with Crippen molar-refractivity contribution in [3.8, 4) is 0 Å². The van der Waals surface area contributed by atoms with Crippen molar-refractivity contribution in [2.24, 2.45) is 0 Å². The maximum absolute atomic E-state index is 11.7. The molecule has 8 heteroatoms. The van der Waals surface area contributed by atoms with Crippen molar-refractivity contribution in [3.05, 3.63) is 0 Å². The molecule has 0 saturated heterocycles. The molecule has 0 aromatic carbocycles. The fraction of sp³-hybridized carbons (Fsp3) is 0.750. The number of amides is 2. The summed E-state index contributed by atoms with van der Waals surface area (Å²) in [5.41, 5.74) is 0. The molecule has 0 bridgehead atoms. The number of carboxylic acids is 1. The zero-order valence-electron chi connectivity index (χ0n) is 12.0. The highest BCUT2D eigenvalue weighted by Gasteiger charge is 2.22. The summed E-state index contributed by atoms with van der Waals surface area (Å²) in [4.78, 5) is 33.7. The average Bonchev–Trinajstić information content (AvgIpc) is 2.41. The van der Waals surface area contributed by atoms with Gasteiger partial charge in [-0.25, -0.2) is 9.59 Å². The Morgan fingerprint density at radius 3 is 2.40 bits per heavy atom. The summed E-state index contributed by atoms with van der Waals surface area (Å²) in [5, 5.41) is 14.1. The lowest BCUT2D eigenvalue weighted by Crippen LogP contribution is -2.49. The van der Waals surface area contributed by atoms with Crippen LogP contribution in [0.3, 0.4) is 0 Å². The lowest BCUT2D eigenvalue weighted by Gasteiger charge is -2.19. The molecule has 20 heavy (non-hydrogen) atoms. The zero-order chi connectivity index (χ0) is 15.5. The van der Waals surface area contributed by atoms with Crippen LogP contribution in [0.2, 0.25) is 0 Å². The Hall–Kier alpha value is -1.44. The molecular formula is C12H22N2O5S. The predicted molar refractivity (Wildman–Crippen MR) is 76.8 cm³/mol. The van der Waals surface area contributed by atoms with Gasteiger partial charge in [0.15, 0.2) is 0 Å². The normalized spacial score (nSPS) is 13.2. The molecule has 0 saturated carbocycles. The van der Waals surface area contributed by atoms with Gasteiger partial charge in [-0.3, -0.25) is 4.79 Å². The smallest absolute Gasteiger partial charge is 0.326 e. The number of methoxy groups -OCH3 is 1. The van der Waals surface area contributed by atoms with Gasteiger partial charge in [0.1, 0.15) is 6.04 Å². The first-order valence-corrected chi connectivity index (χ1v) is 7.69. The standard InChI is InChI=1S/C12H22N2O5S/c1-4-8(7-20-3)13-12(18)14-9(11(16)17)5-6-10(15)19-2/h8-9H,4-7H2,1-3H3,(H,16,17)(H2,13,14,18)/t8?,9-/m0/s1. The van der Waals surface area contributed by atoms with E-state index in [2.05, 4.69) is 15.4 Å². The van der Waals surface area contributed by atoms with E-state index >= 15 is 0 Å². The second-order valence-electron chi connectivity index (χ2n) is 4.18. The van der Waals surface area contributed by atoms with Crippen molar-refractivity contribution in [2.45, 2.75) is 38.3 Å². The lowest BCUT2D eigenvalue weighted by molar-refractivity contribution is -0.142. The van der Waals surface area contributed by atoms with E-state index in [4.69, 9.17) is 5.11 Å². The third-order valence-corrected chi connectivity index (χ3v) is 3.40. The Bertz CT molecular complexity index is 338. The Morgan fingerprint density at radius 2 is 1.95 bits per heavy atom. The third kappa shape index (κ3) is 7.88. The van der Waals surface area contributed by atoms with Gasteiger partial charge in [0.25, 0.3) is 0 Å². The Morgan fingerprint density at radius 1 is 1.30 bits per heavy atom. The van der Waals surface area contributed by atoms with Gasteiger partial charge < -0.3 is 20.5 Å². The number of carboxylic acid groups (broad SMARTS) is 1. The third-order valence-electron chi connectivity index (χ3n) is 2.66. The molecule has 0 aliphatic rings. The highest BCUT2D eigenvalue weighted by atomic mass is 32.2. The maximum atomic E-state index is 11.7. The van der Waals surface area contributed by atoms with Crippen molar-refractivity contribution >= 4 is 29.7 Å². The van der Waals surface area contributed by atoms with E-state index < -0.39 is 24.0 Å². The van der Waals surface area contributed by atoms with Gasteiger partial charge in [-0.2, -0.15) is 11.8 Å². The van der Waals surface area contributed by atoms with Gasteiger partial charge in [0.2, 0.25) is 0 Å². The molecule has 0 aliphatic carbocycles. The quantitative estimate of drug-likeness (QED) is 0.545. The minimum atomic E-state index is -1.18. The summed E-state index contributed by atoms with van der Waals surface area (Å²) in [6.07, 6.45) is 2.62. The van der Waals surface area contributed by atoms with Gasteiger partial charge in [0, 0.05) is 18.2 Å². The second-order valence-corrected chi connectivity index (χ2v) is 5.09. The number of urea groups is 1. The molecule has 2 atom stereocenters. The van der Waals surface area contributed by atoms with Gasteiger partial charge in [-0.15, -0.1) is 0 Å². The summed E-state index contributed by atoms with van der Waals surface area (Å²) < 4.78 is 4.44. The van der Waals surface area contributed by atoms with E-state index in [1.54, 1.807) is 11.8 Å². The van der Waals surface area contributed by atoms with Crippen LogP contribution in [0, 0.1) is 0 Å². The molecule has 0 spiro atoms. The number of carbonyl (C=O) groups is 3. The van der Waals surface area contributed by atoms with Crippen molar-refractivity contribution in [3.63, 3.8) is 0 Å². The fourth-order valence-electron chi connectivity index (χ4n) is 1.47. The molecule has 2 amide bonds. The zero-order valence-corrected chi connectivity index (χ0v) is 12.8. The number of hydrogen-bond donors (Lipinski definition) is 3. The van der Waals surface area contributed by atoms with Crippen molar-refractivity contribution in [1.29, 1.82) is 0 Å². The van der Waals surface area contributed by atoms with Crippen LogP contribution < -0.4 is 10.6 Å². The maximum Gasteiger partial charge on any atom is 0.326 e. The van der Waals surface area contributed by atoms with E-state index in [-0.39, 0.29) is 18.9 Å². The SMILES string of the molecule is CCC(CSC)NC(=O)N[C@@H](CCC(=O)OC)C(=O)O. The molecule has 0 heterocycles. The molecule has 7 nitrogen and oxygen atoms in total. The van der Waals surface area contributed by atoms with Gasteiger partial charge in [-0.05, 0) is 19.1 Å². The number of rotatable bonds is 9. The van der Waals surface area contributed by atoms with Crippen LogP contribution in [0.4, 0.5) is 4.79 Å². The summed E-state index contributed by atoms with van der Waals surface area (Å²) in [6.45, 7) is 1.94. The fourth-order valence-corrected chi connectivity index (χ4v) is 2.19. The highest BCUT2D eigenvalue weighted by molar-refractivity contribution is 7.98. The molecule has 0 aliphatic heterocycles. The van der Waals surface area contributed by atoms with Gasteiger partial charge in [-0.1, -0.05) is 6.92 Å². The summed E-state index contributed by atoms with van der Waals surface area (Å²) in [6, 6.07) is -1.66. The van der Waals surface area contributed by atoms with Crippen LogP contribution in [0.1, 0.15) is 26.2 Å². The van der Waals surface area contributed by atoms with Crippen LogP contribution >= 0.6 is 11.8 Å². The van der Waals surface area contributed by atoms with E-state index in [1.807, 2.05) is 13.2 Å². The molecule has 116 valence electrons. The number of ether oxygens (including phenoxy) is 1. The first kappa shape index (κ1) is 18.6. The first-order chi connectivity index (χ1) is 9.44. The second kappa shape index (κ2) is 10.4. The lowest BCUT2D eigenvalue weighted by atomic mass is 10.1. The van der Waals surface area contributed by atoms with Crippen LogP contribution in [0.25, 0.3) is 0 Å². The molecule has 0 rings (SSSR count). The van der Waals surface area contributed by atoms with E-state index in [0.29, 0.717) is 0 Å².